The minimum absolute atomic E-state index is 0.0915. The molecular formula is C13H18N4OS. The summed E-state index contributed by atoms with van der Waals surface area (Å²) in [6, 6.07) is 7.92. The minimum atomic E-state index is -0.832. The van der Waals surface area contributed by atoms with E-state index in [1.165, 1.54) is 0 Å². The third-order valence-electron chi connectivity index (χ3n) is 2.69. The van der Waals surface area contributed by atoms with Crippen LogP contribution in [0, 0.1) is 0 Å². The number of nitrogens with zero attached hydrogens (tertiary/aromatic N) is 2. The Morgan fingerprint density at radius 1 is 1.32 bits per heavy atom. The Hall–Kier alpha value is -1.69. The highest BCUT2D eigenvalue weighted by molar-refractivity contribution is 7.84. The summed E-state index contributed by atoms with van der Waals surface area (Å²) in [6.45, 7) is 2.00. The normalized spacial score (nSPS) is 14.1. The van der Waals surface area contributed by atoms with Crippen LogP contribution in [0.25, 0.3) is 10.9 Å². The van der Waals surface area contributed by atoms with Crippen molar-refractivity contribution in [3.8, 4) is 0 Å². The molecule has 19 heavy (non-hydrogen) atoms. The lowest BCUT2D eigenvalue weighted by atomic mass is 10.2. The lowest BCUT2D eigenvalue weighted by Crippen LogP contribution is -2.23. The Bertz CT molecular complexity index is 602. The number of fused-ring (bicyclic) bond motifs is 1. The lowest BCUT2D eigenvalue weighted by molar-refractivity contribution is 0.683. The van der Waals surface area contributed by atoms with Gasteiger partial charge in [0.25, 0.3) is 0 Å². The molecule has 0 fully saturated rings. The Morgan fingerprint density at radius 3 is 2.74 bits per heavy atom. The van der Waals surface area contributed by atoms with E-state index in [4.69, 9.17) is 0 Å². The van der Waals surface area contributed by atoms with Crippen molar-refractivity contribution in [1.29, 1.82) is 0 Å². The molecule has 0 aliphatic rings. The monoisotopic (exact) mass is 278 g/mol. The number of benzene rings is 1. The molecule has 0 amide bonds. The van der Waals surface area contributed by atoms with Gasteiger partial charge < -0.3 is 10.6 Å². The SMILES string of the molecule is CNc1nc(NC(C)CS(C)=O)c2ccccc2n1. The van der Waals surface area contributed by atoms with Crippen LogP contribution in [-0.4, -0.2) is 39.3 Å². The summed E-state index contributed by atoms with van der Waals surface area (Å²) in [5.41, 5.74) is 0.883. The van der Waals surface area contributed by atoms with Crippen LogP contribution in [0.4, 0.5) is 11.8 Å². The summed E-state index contributed by atoms with van der Waals surface area (Å²) in [5.74, 6) is 1.94. The highest BCUT2D eigenvalue weighted by Gasteiger charge is 2.10. The Morgan fingerprint density at radius 2 is 2.05 bits per heavy atom. The number of nitrogens with one attached hydrogen (secondary N) is 2. The van der Waals surface area contributed by atoms with Crippen LogP contribution < -0.4 is 10.6 Å². The first kappa shape index (κ1) is 13.7. The zero-order chi connectivity index (χ0) is 13.8. The highest BCUT2D eigenvalue weighted by Crippen LogP contribution is 2.22. The molecule has 2 N–H and O–H groups in total. The van der Waals surface area contributed by atoms with E-state index in [1.807, 2.05) is 31.2 Å². The van der Waals surface area contributed by atoms with Gasteiger partial charge in [-0.05, 0) is 19.1 Å². The quantitative estimate of drug-likeness (QED) is 0.873. The topological polar surface area (TPSA) is 66.9 Å². The molecule has 2 rings (SSSR count). The molecular weight excluding hydrogens is 260 g/mol. The second-order valence-corrected chi connectivity index (χ2v) is 5.93. The van der Waals surface area contributed by atoms with Crippen LogP contribution in [0.15, 0.2) is 24.3 Å². The predicted octanol–water partition coefficient (Wildman–Crippen LogP) is 1.85. The van der Waals surface area contributed by atoms with Gasteiger partial charge in [0.1, 0.15) is 5.82 Å². The molecule has 0 aliphatic carbocycles. The second-order valence-electron chi connectivity index (χ2n) is 4.45. The summed E-state index contributed by atoms with van der Waals surface area (Å²) in [5, 5.41) is 7.23. The van der Waals surface area contributed by atoms with Crippen LogP contribution in [0.3, 0.4) is 0 Å². The maximum Gasteiger partial charge on any atom is 0.224 e. The third kappa shape index (κ3) is 3.41. The van der Waals surface area contributed by atoms with Crippen molar-refractivity contribution >= 4 is 33.5 Å². The first-order valence-corrected chi connectivity index (χ1v) is 7.84. The van der Waals surface area contributed by atoms with E-state index in [0.717, 1.165) is 16.7 Å². The molecule has 1 aromatic heterocycles. The lowest BCUT2D eigenvalue weighted by Gasteiger charge is -2.15. The fourth-order valence-corrected chi connectivity index (χ4v) is 2.71. The molecule has 102 valence electrons. The van der Waals surface area contributed by atoms with Crippen molar-refractivity contribution in [3.05, 3.63) is 24.3 Å². The first-order valence-electron chi connectivity index (χ1n) is 6.11. The van der Waals surface area contributed by atoms with E-state index >= 15 is 0 Å². The smallest absolute Gasteiger partial charge is 0.224 e. The van der Waals surface area contributed by atoms with E-state index in [0.29, 0.717) is 11.7 Å². The van der Waals surface area contributed by atoms with E-state index in [9.17, 15) is 4.21 Å². The molecule has 6 heteroatoms. The third-order valence-corrected chi connectivity index (χ3v) is 3.66. The van der Waals surface area contributed by atoms with Gasteiger partial charge in [0.15, 0.2) is 0 Å². The molecule has 5 nitrogen and oxygen atoms in total. The number of rotatable bonds is 5. The summed E-state index contributed by atoms with van der Waals surface area (Å²) in [4.78, 5) is 8.83. The molecule has 2 aromatic rings. The van der Waals surface area contributed by atoms with Crippen molar-refractivity contribution in [2.75, 3.05) is 29.7 Å². The van der Waals surface area contributed by atoms with Gasteiger partial charge in [-0.15, -0.1) is 0 Å². The largest absolute Gasteiger partial charge is 0.366 e. The Kier molecular flexibility index (Phi) is 4.31. The number of aromatic nitrogens is 2. The van der Waals surface area contributed by atoms with Crippen molar-refractivity contribution in [1.82, 2.24) is 9.97 Å². The number of para-hydroxylation sites is 1. The molecule has 0 saturated carbocycles. The average Bonchev–Trinajstić information content (AvgIpc) is 2.37. The van der Waals surface area contributed by atoms with Crippen LogP contribution >= 0.6 is 0 Å². The van der Waals surface area contributed by atoms with Gasteiger partial charge in [-0.1, -0.05) is 12.1 Å². The van der Waals surface area contributed by atoms with Crippen LogP contribution in [-0.2, 0) is 10.8 Å². The van der Waals surface area contributed by atoms with Crippen molar-refractivity contribution in [2.45, 2.75) is 13.0 Å². The van der Waals surface area contributed by atoms with Gasteiger partial charge in [0.05, 0.1) is 5.52 Å². The molecule has 0 saturated heterocycles. The van der Waals surface area contributed by atoms with Gasteiger partial charge in [0.2, 0.25) is 5.95 Å². The Balaban J connectivity index is 2.37. The fraction of sp³-hybridized carbons (Fsp3) is 0.385. The van der Waals surface area contributed by atoms with E-state index in [1.54, 1.807) is 13.3 Å². The van der Waals surface area contributed by atoms with Crippen LogP contribution in [0.5, 0.6) is 0 Å². The van der Waals surface area contributed by atoms with Gasteiger partial charge in [-0.25, -0.2) is 4.98 Å². The Labute approximate surface area is 115 Å². The summed E-state index contributed by atoms with van der Waals surface area (Å²) in [6.07, 6.45) is 1.70. The maximum atomic E-state index is 11.3. The number of anilines is 2. The number of hydrogen-bond acceptors (Lipinski definition) is 5. The first-order chi connectivity index (χ1) is 9.10. The van der Waals surface area contributed by atoms with Crippen LogP contribution in [0.1, 0.15) is 6.92 Å². The van der Waals surface area contributed by atoms with Gasteiger partial charge in [0, 0.05) is 41.3 Å². The zero-order valence-corrected chi connectivity index (χ0v) is 12.1. The van der Waals surface area contributed by atoms with E-state index in [2.05, 4.69) is 20.6 Å². The predicted molar refractivity (Wildman–Crippen MR) is 81.1 cm³/mol. The summed E-state index contributed by atoms with van der Waals surface area (Å²) < 4.78 is 11.3. The fourth-order valence-electron chi connectivity index (χ4n) is 1.93. The average molecular weight is 278 g/mol. The molecule has 2 atom stereocenters. The number of hydrogen-bond donors (Lipinski definition) is 2. The molecule has 0 bridgehead atoms. The van der Waals surface area contributed by atoms with Gasteiger partial charge >= 0.3 is 0 Å². The molecule has 0 radical (unpaired) electrons. The van der Waals surface area contributed by atoms with Gasteiger partial charge in [-0.3, -0.25) is 4.21 Å². The van der Waals surface area contributed by atoms with Gasteiger partial charge in [-0.2, -0.15) is 4.98 Å². The standard InChI is InChI=1S/C13H18N4OS/c1-9(8-19(3)18)15-12-10-6-4-5-7-11(10)16-13(14-2)17-12/h4-7,9H,8H2,1-3H3,(H2,14,15,16,17). The zero-order valence-electron chi connectivity index (χ0n) is 11.3. The summed E-state index contributed by atoms with van der Waals surface area (Å²) >= 11 is 0. The maximum absolute atomic E-state index is 11.3. The van der Waals surface area contributed by atoms with E-state index < -0.39 is 10.8 Å². The molecule has 0 aliphatic heterocycles. The minimum Gasteiger partial charge on any atom is -0.366 e. The second kappa shape index (κ2) is 5.97. The molecule has 0 spiro atoms. The molecule has 2 unspecified atom stereocenters. The van der Waals surface area contributed by atoms with Crippen molar-refractivity contribution in [3.63, 3.8) is 0 Å². The van der Waals surface area contributed by atoms with Crippen LogP contribution in [0.2, 0.25) is 0 Å². The molecule has 1 aromatic carbocycles. The molecule has 1 heterocycles. The van der Waals surface area contributed by atoms with Crippen molar-refractivity contribution in [2.24, 2.45) is 0 Å². The van der Waals surface area contributed by atoms with E-state index in [-0.39, 0.29) is 6.04 Å². The summed E-state index contributed by atoms with van der Waals surface area (Å²) in [7, 11) is 0.958. The highest BCUT2D eigenvalue weighted by atomic mass is 32.2. The van der Waals surface area contributed by atoms with Crippen molar-refractivity contribution < 1.29 is 4.21 Å².